The fourth-order valence-electron chi connectivity index (χ4n) is 3.53. The first-order valence-corrected chi connectivity index (χ1v) is 12.2. The zero-order valence-electron chi connectivity index (χ0n) is 17.2. The van der Waals surface area contributed by atoms with E-state index in [2.05, 4.69) is 17.4 Å². The van der Waals surface area contributed by atoms with E-state index in [0.29, 0.717) is 0 Å². The van der Waals surface area contributed by atoms with Crippen LogP contribution in [0.4, 0.5) is 4.79 Å². The lowest BCUT2D eigenvalue weighted by atomic mass is 9.98. The quantitative estimate of drug-likeness (QED) is 0.635. The molecule has 0 spiro atoms. The molecule has 1 amide bonds. The van der Waals surface area contributed by atoms with Gasteiger partial charge in [0.1, 0.15) is 6.61 Å². The maximum absolute atomic E-state index is 12.4. The van der Waals surface area contributed by atoms with Crippen molar-refractivity contribution in [3.05, 3.63) is 59.7 Å². The summed E-state index contributed by atoms with van der Waals surface area (Å²) in [6.45, 7) is 5.66. The minimum absolute atomic E-state index is 0.000352. The van der Waals surface area contributed by atoms with E-state index in [9.17, 15) is 13.2 Å². The summed E-state index contributed by atoms with van der Waals surface area (Å²) < 4.78 is 34.1. The van der Waals surface area contributed by atoms with Gasteiger partial charge in [0.15, 0.2) is 0 Å². The molecule has 8 heteroatoms. The first-order chi connectivity index (χ1) is 14.0. The predicted octanol–water partition coefficient (Wildman–Crippen LogP) is 4.28. The van der Waals surface area contributed by atoms with Crippen molar-refractivity contribution < 1.29 is 22.7 Å². The average Bonchev–Trinajstić information content (AvgIpc) is 2.97. The van der Waals surface area contributed by atoms with Crippen LogP contribution in [0.2, 0.25) is 0 Å². The molecule has 2 aromatic rings. The van der Waals surface area contributed by atoms with E-state index in [4.69, 9.17) is 20.2 Å². The second kappa shape index (κ2) is 8.96. The molecule has 0 radical (unpaired) electrons. The molecule has 0 saturated carbocycles. The molecule has 0 fully saturated rings. The van der Waals surface area contributed by atoms with Crippen molar-refractivity contribution in [2.75, 3.05) is 19.0 Å². The lowest BCUT2D eigenvalue weighted by Crippen LogP contribution is -2.44. The summed E-state index contributed by atoms with van der Waals surface area (Å²) in [6.07, 6.45) is -0.709. The van der Waals surface area contributed by atoms with Gasteiger partial charge in [-0.2, -0.15) is 0 Å². The van der Waals surface area contributed by atoms with Gasteiger partial charge in [0, 0.05) is 16.6 Å². The zero-order chi connectivity index (χ0) is 21.9. The molecule has 0 aliphatic heterocycles. The predicted molar refractivity (Wildman–Crippen MR) is 117 cm³/mol. The second-order valence-corrected chi connectivity index (χ2v) is 11.1. The van der Waals surface area contributed by atoms with Crippen molar-refractivity contribution in [2.45, 2.75) is 38.3 Å². The molecule has 3 rings (SSSR count). The third-order valence-electron chi connectivity index (χ3n) is 4.78. The minimum Gasteiger partial charge on any atom is -0.449 e. The zero-order valence-corrected chi connectivity index (χ0v) is 18.8. The number of amides is 1. The van der Waals surface area contributed by atoms with Crippen molar-refractivity contribution in [1.82, 2.24) is 5.32 Å². The number of nitrogens with one attached hydrogen (secondary N) is 1. The van der Waals surface area contributed by atoms with E-state index in [0.717, 1.165) is 22.3 Å². The maximum Gasteiger partial charge on any atom is 0.407 e. The van der Waals surface area contributed by atoms with Crippen LogP contribution in [-0.4, -0.2) is 45.1 Å². The Morgan fingerprint density at radius 2 is 1.60 bits per heavy atom. The molecule has 162 valence electrons. The first kappa shape index (κ1) is 22.6. The van der Waals surface area contributed by atoms with Gasteiger partial charge in [-0.05, 0) is 43.0 Å². The number of ether oxygens (including phenoxy) is 2. The number of rotatable bonds is 7. The Bertz CT molecular complexity index is 971. The van der Waals surface area contributed by atoms with Crippen LogP contribution < -0.4 is 5.32 Å². The van der Waals surface area contributed by atoms with Crippen LogP contribution >= 0.6 is 10.7 Å². The van der Waals surface area contributed by atoms with Crippen LogP contribution in [0.3, 0.4) is 0 Å². The number of hydrogen-bond donors (Lipinski definition) is 1. The van der Waals surface area contributed by atoms with Crippen molar-refractivity contribution in [3.8, 4) is 11.1 Å². The Morgan fingerprint density at radius 1 is 1.07 bits per heavy atom. The Hall–Kier alpha value is -2.09. The normalized spacial score (nSPS) is 14.7. The van der Waals surface area contributed by atoms with Crippen LogP contribution in [-0.2, 0) is 18.5 Å². The SMILES string of the molecule is CC(C)(C)OC[C@@H](CS(=O)(=O)Cl)NC(=O)OCC1c2ccccc2-c2ccccc21. The van der Waals surface area contributed by atoms with E-state index < -0.39 is 32.5 Å². The average molecular weight is 452 g/mol. The van der Waals surface area contributed by atoms with Gasteiger partial charge in [0.2, 0.25) is 9.05 Å². The van der Waals surface area contributed by atoms with Crippen LogP contribution in [0.1, 0.15) is 37.8 Å². The molecule has 0 unspecified atom stereocenters. The Balaban J connectivity index is 1.67. The summed E-state index contributed by atoms with van der Waals surface area (Å²) in [5.41, 5.74) is 3.97. The summed E-state index contributed by atoms with van der Waals surface area (Å²) >= 11 is 0. The summed E-state index contributed by atoms with van der Waals surface area (Å²) in [7, 11) is 1.55. The van der Waals surface area contributed by atoms with Gasteiger partial charge < -0.3 is 14.8 Å². The second-order valence-electron chi connectivity index (χ2n) is 8.30. The Labute approximate surface area is 182 Å². The number of alkyl carbamates (subject to hydrolysis) is 1. The third kappa shape index (κ3) is 5.97. The molecule has 0 bridgehead atoms. The molecule has 0 aromatic heterocycles. The molecule has 0 saturated heterocycles. The van der Waals surface area contributed by atoms with Gasteiger partial charge >= 0.3 is 6.09 Å². The number of hydrogen-bond acceptors (Lipinski definition) is 5. The topological polar surface area (TPSA) is 81.7 Å². The van der Waals surface area contributed by atoms with E-state index in [1.807, 2.05) is 57.2 Å². The Morgan fingerprint density at radius 3 is 2.10 bits per heavy atom. The monoisotopic (exact) mass is 451 g/mol. The van der Waals surface area contributed by atoms with Crippen LogP contribution in [0.25, 0.3) is 11.1 Å². The summed E-state index contributed by atoms with van der Waals surface area (Å²) in [5, 5.41) is 2.57. The fourth-order valence-corrected chi connectivity index (χ4v) is 4.65. The fraction of sp³-hybridized carbons (Fsp3) is 0.409. The highest BCUT2D eigenvalue weighted by atomic mass is 35.7. The van der Waals surface area contributed by atoms with E-state index >= 15 is 0 Å². The number of carbonyl (C=O) groups is 1. The molecule has 30 heavy (non-hydrogen) atoms. The van der Waals surface area contributed by atoms with E-state index in [1.54, 1.807) is 0 Å². The molecular weight excluding hydrogens is 426 g/mol. The smallest absolute Gasteiger partial charge is 0.407 e. The standard InChI is InChI=1S/C22H26ClNO5S/c1-22(2,3)29-12-15(14-30(23,26)27)24-21(25)28-13-20-18-10-6-4-8-16(18)17-9-5-7-11-19(17)20/h4-11,15,20H,12-14H2,1-3H3,(H,24,25)/t15-/m0/s1. The highest BCUT2D eigenvalue weighted by molar-refractivity contribution is 8.13. The van der Waals surface area contributed by atoms with Crippen LogP contribution in [0.5, 0.6) is 0 Å². The number of halogens is 1. The van der Waals surface area contributed by atoms with E-state index in [1.165, 1.54) is 0 Å². The van der Waals surface area contributed by atoms with Crippen LogP contribution in [0, 0.1) is 0 Å². The van der Waals surface area contributed by atoms with Crippen molar-refractivity contribution >= 4 is 25.8 Å². The molecule has 6 nitrogen and oxygen atoms in total. The molecule has 1 atom stereocenters. The first-order valence-electron chi connectivity index (χ1n) is 9.71. The highest BCUT2D eigenvalue weighted by Gasteiger charge is 2.29. The molecule has 1 N–H and O–H groups in total. The van der Waals surface area contributed by atoms with Crippen molar-refractivity contribution in [3.63, 3.8) is 0 Å². The summed E-state index contributed by atoms with van der Waals surface area (Å²) in [6, 6.07) is 15.2. The lowest BCUT2D eigenvalue weighted by Gasteiger charge is -2.24. The molecular formula is C22H26ClNO5S. The van der Waals surface area contributed by atoms with Gasteiger partial charge in [-0.25, -0.2) is 13.2 Å². The number of benzene rings is 2. The molecule has 2 aromatic carbocycles. The summed E-state index contributed by atoms with van der Waals surface area (Å²) in [5.74, 6) is -0.529. The van der Waals surface area contributed by atoms with Crippen LogP contribution in [0.15, 0.2) is 48.5 Å². The maximum atomic E-state index is 12.4. The van der Waals surface area contributed by atoms with Gasteiger partial charge in [-0.3, -0.25) is 0 Å². The molecule has 1 aliphatic carbocycles. The van der Waals surface area contributed by atoms with Gasteiger partial charge in [0.05, 0.1) is 24.0 Å². The largest absolute Gasteiger partial charge is 0.449 e. The van der Waals surface area contributed by atoms with E-state index in [-0.39, 0.29) is 19.1 Å². The van der Waals surface area contributed by atoms with Gasteiger partial charge in [0.25, 0.3) is 0 Å². The molecule has 1 aliphatic rings. The highest BCUT2D eigenvalue weighted by Crippen LogP contribution is 2.44. The third-order valence-corrected chi connectivity index (χ3v) is 5.96. The van der Waals surface area contributed by atoms with Gasteiger partial charge in [-0.15, -0.1) is 0 Å². The number of carbonyl (C=O) groups excluding carboxylic acids is 1. The van der Waals surface area contributed by atoms with Gasteiger partial charge in [-0.1, -0.05) is 48.5 Å². The number of fused-ring (bicyclic) bond motifs is 3. The van der Waals surface area contributed by atoms with Crippen molar-refractivity contribution in [2.24, 2.45) is 0 Å². The minimum atomic E-state index is -3.83. The van der Waals surface area contributed by atoms with Crippen molar-refractivity contribution in [1.29, 1.82) is 0 Å². The summed E-state index contributed by atoms with van der Waals surface area (Å²) in [4.78, 5) is 12.4. The Kier molecular flexibility index (Phi) is 6.75. The molecule has 0 heterocycles. The lowest BCUT2D eigenvalue weighted by molar-refractivity contribution is -0.0119.